The first kappa shape index (κ1) is 19.2. The highest BCUT2D eigenvalue weighted by Crippen LogP contribution is 2.23. The summed E-state index contributed by atoms with van der Waals surface area (Å²) in [4.78, 5) is 24.3. The number of carbonyl (C=O) groups excluding carboxylic acids is 2. The molecule has 6 heteroatoms. The van der Waals surface area contributed by atoms with Crippen molar-refractivity contribution in [2.24, 2.45) is 5.92 Å². The van der Waals surface area contributed by atoms with Crippen LogP contribution in [0.3, 0.4) is 0 Å². The Labute approximate surface area is 160 Å². The number of halogens is 1. The Balaban J connectivity index is 2.09. The molecule has 0 saturated heterocycles. The number of ether oxygens (including phenoxy) is 3. The molecule has 0 saturated carbocycles. The van der Waals surface area contributed by atoms with Crippen molar-refractivity contribution in [1.82, 2.24) is 0 Å². The smallest absolute Gasteiger partial charge is 0.343 e. The normalized spacial score (nSPS) is 10.4. The molecule has 2 aromatic rings. The minimum Gasteiger partial charge on any atom is -0.496 e. The van der Waals surface area contributed by atoms with Crippen molar-refractivity contribution in [3.8, 4) is 11.5 Å². The first-order valence-corrected chi connectivity index (χ1v) is 8.81. The zero-order valence-corrected chi connectivity index (χ0v) is 16.4. The molecule has 2 aromatic carbocycles. The van der Waals surface area contributed by atoms with E-state index in [9.17, 15) is 9.59 Å². The van der Waals surface area contributed by atoms with Gasteiger partial charge in [0.15, 0.2) is 0 Å². The zero-order valence-electron chi connectivity index (χ0n) is 14.2. The van der Waals surface area contributed by atoms with E-state index in [-0.39, 0.29) is 11.7 Å². The Hall–Kier alpha value is -2.09. The molecule has 0 bridgehead atoms. The largest absolute Gasteiger partial charge is 0.496 e. The molecule has 0 aliphatic rings. The summed E-state index contributed by atoms with van der Waals surface area (Å²) >= 11 is 2.08. The van der Waals surface area contributed by atoms with Crippen LogP contribution in [0.5, 0.6) is 11.5 Å². The highest BCUT2D eigenvalue weighted by Gasteiger charge is 2.14. The highest BCUT2D eigenvalue weighted by molar-refractivity contribution is 14.1. The van der Waals surface area contributed by atoms with Crippen LogP contribution in [0.1, 0.15) is 34.6 Å². The van der Waals surface area contributed by atoms with E-state index in [1.807, 2.05) is 13.8 Å². The summed E-state index contributed by atoms with van der Waals surface area (Å²) in [5.41, 5.74) is 0.744. The van der Waals surface area contributed by atoms with E-state index < -0.39 is 11.9 Å². The van der Waals surface area contributed by atoms with Gasteiger partial charge in [0.25, 0.3) is 0 Å². The fourth-order valence-electron chi connectivity index (χ4n) is 1.97. The minimum atomic E-state index is -0.506. The molecule has 0 heterocycles. The molecule has 2 rings (SSSR count). The number of hydrogen-bond donors (Lipinski definition) is 0. The average molecular weight is 454 g/mol. The second kappa shape index (κ2) is 8.84. The van der Waals surface area contributed by atoms with Gasteiger partial charge in [-0.3, -0.25) is 0 Å². The number of benzene rings is 2. The maximum absolute atomic E-state index is 12.3. The molecule has 0 spiro atoms. The first-order valence-electron chi connectivity index (χ1n) is 7.73. The predicted molar refractivity (Wildman–Crippen MR) is 102 cm³/mol. The molecule has 0 N–H and O–H groups in total. The summed E-state index contributed by atoms with van der Waals surface area (Å²) < 4.78 is 16.5. The zero-order chi connectivity index (χ0) is 18.4. The van der Waals surface area contributed by atoms with E-state index in [1.165, 1.54) is 6.07 Å². The van der Waals surface area contributed by atoms with E-state index >= 15 is 0 Å². The average Bonchev–Trinajstić information content (AvgIpc) is 2.59. The molecule has 0 fully saturated rings. The Morgan fingerprint density at radius 2 is 1.76 bits per heavy atom. The fourth-order valence-corrected chi connectivity index (χ4v) is 2.71. The summed E-state index contributed by atoms with van der Waals surface area (Å²) in [5, 5.41) is 0. The second-order valence-corrected chi connectivity index (χ2v) is 6.92. The fraction of sp³-hybridized carbons (Fsp3) is 0.263. The topological polar surface area (TPSA) is 61.8 Å². The summed E-state index contributed by atoms with van der Waals surface area (Å²) in [6.45, 7) is 4.26. The first-order chi connectivity index (χ1) is 11.9. The molecule has 0 aliphatic heterocycles. The lowest BCUT2D eigenvalue weighted by Gasteiger charge is -2.09. The van der Waals surface area contributed by atoms with Gasteiger partial charge in [-0.1, -0.05) is 19.9 Å². The number of carbonyl (C=O) groups is 2. The quantitative estimate of drug-likeness (QED) is 0.370. The number of hydrogen-bond acceptors (Lipinski definition) is 5. The van der Waals surface area contributed by atoms with Crippen molar-refractivity contribution < 1.29 is 23.8 Å². The van der Waals surface area contributed by atoms with Crippen LogP contribution in [0.15, 0.2) is 42.5 Å². The SMILES string of the molecule is COc1ccc(C(=O)Oc2cccc(C(=O)OCC(C)C)c2)cc1I. The third-order valence-electron chi connectivity index (χ3n) is 3.22. The van der Waals surface area contributed by atoms with Crippen LogP contribution in [0.2, 0.25) is 0 Å². The summed E-state index contributed by atoms with van der Waals surface area (Å²) in [6.07, 6.45) is 0. The van der Waals surface area contributed by atoms with Crippen LogP contribution in [0.4, 0.5) is 0 Å². The highest BCUT2D eigenvalue weighted by atomic mass is 127. The molecular formula is C19H19IO5. The predicted octanol–water partition coefficient (Wildman–Crippen LogP) is 4.33. The van der Waals surface area contributed by atoms with Gasteiger partial charge in [0.05, 0.1) is 28.4 Å². The standard InChI is InChI=1S/C19H19IO5/c1-12(2)11-24-18(21)13-5-4-6-15(9-13)25-19(22)14-7-8-17(23-3)16(20)10-14/h4-10,12H,11H2,1-3H3. The van der Waals surface area contributed by atoms with Crippen LogP contribution < -0.4 is 9.47 Å². The van der Waals surface area contributed by atoms with Crippen LogP contribution in [-0.4, -0.2) is 25.7 Å². The maximum Gasteiger partial charge on any atom is 0.343 e. The molecule has 0 unspecified atom stereocenters. The van der Waals surface area contributed by atoms with Crippen molar-refractivity contribution in [2.75, 3.05) is 13.7 Å². The van der Waals surface area contributed by atoms with Gasteiger partial charge in [-0.2, -0.15) is 0 Å². The molecule has 0 aliphatic carbocycles. The lowest BCUT2D eigenvalue weighted by atomic mass is 10.2. The third kappa shape index (κ3) is 5.45. The number of methoxy groups -OCH3 is 1. The van der Waals surface area contributed by atoms with E-state index in [1.54, 1.807) is 43.5 Å². The molecule has 0 amide bonds. The van der Waals surface area contributed by atoms with Crippen molar-refractivity contribution in [3.05, 3.63) is 57.2 Å². The van der Waals surface area contributed by atoms with Crippen molar-refractivity contribution >= 4 is 34.5 Å². The Morgan fingerprint density at radius 3 is 2.40 bits per heavy atom. The lowest BCUT2D eigenvalue weighted by Crippen LogP contribution is -2.12. The molecule has 5 nitrogen and oxygen atoms in total. The monoisotopic (exact) mass is 454 g/mol. The molecule has 132 valence electrons. The van der Waals surface area contributed by atoms with E-state index in [2.05, 4.69) is 22.6 Å². The summed E-state index contributed by atoms with van der Waals surface area (Å²) in [5.74, 6) is 0.281. The van der Waals surface area contributed by atoms with Gasteiger partial charge in [-0.05, 0) is 64.9 Å². The third-order valence-corrected chi connectivity index (χ3v) is 4.06. The Kier molecular flexibility index (Phi) is 6.81. The van der Waals surface area contributed by atoms with Crippen LogP contribution >= 0.6 is 22.6 Å². The van der Waals surface area contributed by atoms with Crippen molar-refractivity contribution in [1.29, 1.82) is 0 Å². The van der Waals surface area contributed by atoms with Gasteiger partial charge in [0.2, 0.25) is 0 Å². The van der Waals surface area contributed by atoms with E-state index in [4.69, 9.17) is 14.2 Å². The Bertz CT molecular complexity index is 770. The van der Waals surface area contributed by atoms with E-state index in [0.717, 1.165) is 3.57 Å². The van der Waals surface area contributed by atoms with Gasteiger partial charge >= 0.3 is 11.9 Å². The minimum absolute atomic E-state index is 0.252. The molecule has 25 heavy (non-hydrogen) atoms. The van der Waals surface area contributed by atoms with Gasteiger partial charge in [-0.15, -0.1) is 0 Å². The van der Waals surface area contributed by atoms with Gasteiger partial charge in [-0.25, -0.2) is 9.59 Å². The van der Waals surface area contributed by atoms with Crippen molar-refractivity contribution in [3.63, 3.8) is 0 Å². The summed E-state index contributed by atoms with van der Waals surface area (Å²) in [6, 6.07) is 11.4. The molecule has 0 atom stereocenters. The van der Waals surface area contributed by atoms with E-state index in [0.29, 0.717) is 23.5 Å². The summed E-state index contributed by atoms with van der Waals surface area (Å²) in [7, 11) is 1.57. The van der Waals surface area contributed by atoms with Gasteiger partial charge in [0, 0.05) is 0 Å². The molecule has 0 aromatic heterocycles. The van der Waals surface area contributed by atoms with Gasteiger partial charge < -0.3 is 14.2 Å². The lowest BCUT2D eigenvalue weighted by molar-refractivity contribution is 0.0457. The Morgan fingerprint density at radius 1 is 1.04 bits per heavy atom. The maximum atomic E-state index is 12.3. The second-order valence-electron chi connectivity index (χ2n) is 5.76. The van der Waals surface area contributed by atoms with Crippen LogP contribution in [0, 0.1) is 9.49 Å². The molecular weight excluding hydrogens is 435 g/mol. The van der Waals surface area contributed by atoms with Crippen molar-refractivity contribution in [2.45, 2.75) is 13.8 Å². The van der Waals surface area contributed by atoms with Crippen LogP contribution in [-0.2, 0) is 4.74 Å². The number of rotatable bonds is 6. The van der Waals surface area contributed by atoms with Gasteiger partial charge in [0.1, 0.15) is 11.5 Å². The van der Waals surface area contributed by atoms with Crippen LogP contribution in [0.25, 0.3) is 0 Å². The molecule has 0 radical (unpaired) electrons. The number of esters is 2.